The third-order valence-electron chi connectivity index (χ3n) is 4.89. The molecule has 2 heterocycles. The zero-order valence-electron chi connectivity index (χ0n) is 16.0. The van der Waals surface area contributed by atoms with E-state index in [4.69, 9.17) is 4.74 Å². The van der Waals surface area contributed by atoms with Crippen LogP contribution in [0.15, 0.2) is 65.7 Å². The largest absolute Gasteiger partial charge is 0.450 e. The van der Waals surface area contributed by atoms with Gasteiger partial charge in [0.1, 0.15) is 0 Å². The van der Waals surface area contributed by atoms with E-state index in [1.807, 2.05) is 0 Å². The number of halogens is 6. The summed E-state index contributed by atoms with van der Waals surface area (Å²) < 4.78 is 90.5. The average Bonchev–Trinajstić information content (AvgIpc) is 3.04. The zero-order valence-corrected chi connectivity index (χ0v) is 16.0. The Labute approximate surface area is 172 Å². The fraction of sp³-hybridized carbons (Fsp3) is 0.238. The number of hydrogen-bond donors (Lipinski definition) is 0. The van der Waals surface area contributed by atoms with Gasteiger partial charge in [0.25, 0.3) is 0 Å². The van der Waals surface area contributed by atoms with Crippen molar-refractivity contribution in [1.82, 2.24) is 9.78 Å². The lowest BCUT2D eigenvalue weighted by Crippen LogP contribution is -2.58. The van der Waals surface area contributed by atoms with Crippen LogP contribution >= 0.6 is 0 Å². The third-order valence-corrected chi connectivity index (χ3v) is 4.89. The number of aryl methyl sites for hydroxylation is 1. The van der Waals surface area contributed by atoms with Gasteiger partial charge in [-0.3, -0.25) is 0 Å². The minimum atomic E-state index is -5.81. The summed E-state index contributed by atoms with van der Waals surface area (Å²) in [5, 5.41) is 3.96. The van der Waals surface area contributed by atoms with Crippen molar-refractivity contribution >= 4 is 11.7 Å². The first-order valence-electron chi connectivity index (χ1n) is 9.14. The highest BCUT2D eigenvalue weighted by atomic mass is 19.4. The molecular weight excluding hydrogens is 424 g/mol. The number of fused-ring (bicyclic) bond motifs is 1. The summed E-state index contributed by atoms with van der Waals surface area (Å²) in [6.07, 6.45) is -12.0. The van der Waals surface area contributed by atoms with E-state index in [0.717, 1.165) is 11.6 Å². The van der Waals surface area contributed by atoms with Crippen molar-refractivity contribution in [1.29, 1.82) is 0 Å². The summed E-state index contributed by atoms with van der Waals surface area (Å²) in [7, 11) is 0. The smallest absolute Gasteiger partial charge is 0.442 e. The molecule has 0 atom stereocenters. The van der Waals surface area contributed by atoms with Crippen LogP contribution in [0.3, 0.4) is 0 Å². The fourth-order valence-electron chi connectivity index (χ4n) is 3.55. The number of ether oxygens (including phenoxy) is 1. The number of aromatic nitrogens is 2. The first kappa shape index (κ1) is 21.0. The molecule has 162 valence electrons. The van der Waals surface area contributed by atoms with E-state index < -0.39 is 40.9 Å². The predicted molar refractivity (Wildman–Crippen MR) is 100 cm³/mol. The fourth-order valence-corrected chi connectivity index (χ4v) is 3.55. The molecule has 0 saturated carbocycles. The Bertz CT molecular complexity index is 1100. The molecule has 3 aromatic rings. The van der Waals surface area contributed by atoms with Gasteiger partial charge >= 0.3 is 18.0 Å². The van der Waals surface area contributed by atoms with Crippen LogP contribution in [0.2, 0.25) is 0 Å². The molecule has 0 unspecified atom stereocenters. The van der Waals surface area contributed by atoms with Crippen molar-refractivity contribution in [3.8, 4) is 5.69 Å². The molecule has 2 aromatic carbocycles. The summed E-state index contributed by atoms with van der Waals surface area (Å²) in [4.78, 5) is 4.06. The second kappa shape index (κ2) is 7.14. The van der Waals surface area contributed by atoms with Gasteiger partial charge in [-0.2, -0.15) is 36.4 Å². The van der Waals surface area contributed by atoms with E-state index in [2.05, 4.69) is 10.1 Å². The van der Waals surface area contributed by atoms with Crippen molar-refractivity contribution < 1.29 is 31.1 Å². The summed E-state index contributed by atoms with van der Waals surface area (Å²) in [5.74, 6) is -1.26. The Morgan fingerprint density at radius 1 is 0.871 bits per heavy atom. The van der Waals surface area contributed by atoms with E-state index in [9.17, 15) is 26.3 Å². The standard InChI is InChI=1S/C21H15F6N3O/c1-13-17-18(30(29-13)15-10-6-3-7-11-15)28-16(12-14-8-4-2-5-9-14)31-19(17,20(22,23)24)21(25,26)27/h2-11H,12H2,1H3. The second-order valence-electron chi connectivity index (χ2n) is 6.98. The molecule has 0 saturated heterocycles. The monoisotopic (exact) mass is 439 g/mol. The molecule has 0 radical (unpaired) electrons. The van der Waals surface area contributed by atoms with Crippen LogP contribution in [0, 0.1) is 6.92 Å². The van der Waals surface area contributed by atoms with Gasteiger partial charge in [-0.05, 0) is 24.6 Å². The molecule has 0 amide bonds. The maximum Gasteiger partial charge on any atom is 0.442 e. The summed E-state index contributed by atoms with van der Waals surface area (Å²) in [6.45, 7) is 1.07. The van der Waals surface area contributed by atoms with Gasteiger partial charge in [-0.25, -0.2) is 4.68 Å². The van der Waals surface area contributed by atoms with Gasteiger partial charge < -0.3 is 4.74 Å². The number of alkyl halides is 6. The highest BCUT2D eigenvalue weighted by molar-refractivity contribution is 5.85. The molecule has 10 heteroatoms. The zero-order chi connectivity index (χ0) is 22.4. The summed E-state index contributed by atoms with van der Waals surface area (Å²) in [6, 6.07) is 15.9. The highest BCUT2D eigenvalue weighted by Gasteiger charge is 2.77. The van der Waals surface area contributed by atoms with Gasteiger partial charge in [0.05, 0.1) is 16.9 Å². The molecule has 0 bridgehead atoms. The van der Waals surface area contributed by atoms with Crippen molar-refractivity contribution in [2.45, 2.75) is 31.3 Å². The maximum atomic E-state index is 14.1. The first-order valence-corrected chi connectivity index (χ1v) is 9.14. The van der Waals surface area contributed by atoms with Gasteiger partial charge in [0.2, 0.25) is 0 Å². The summed E-state index contributed by atoms with van der Waals surface area (Å²) in [5.41, 5.74) is -5.50. The number of nitrogens with zero attached hydrogens (tertiary/aromatic N) is 3. The predicted octanol–water partition coefficient (Wildman–Crippen LogP) is 5.80. The molecule has 1 aliphatic rings. The topological polar surface area (TPSA) is 39.4 Å². The quantitative estimate of drug-likeness (QED) is 0.484. The Balaban J connectivity index is 2.00. The van der Waals surface area contributed by atoms with E-state index in [1.54, 1.807) is 48.5 Å². The highest BCUT2D eigenvalue weighted by Crippen LogP contribution is 2.58. The molecule has 1 aromatic heterocycles. The van der Waals surface area contributed by atoms with Crippen molar-refractivity contribution in [2.75, 3.05) is 0 Å². The minimum Gasteiger partial charge on any atom is -0.450 e. The minimum absolute atomic E-state index is 0.273. The number of hydrogen-bond acceptors (Lipinski definition) is 3. The SMILES string of the molecule is Cc1nn(-c2ccccc2)c2c1C(C(F)(F)F)(C(F)(F)F)OC(Cc1ccccc1)=N2. The van der Waals surface area contributed by atoms with Gasteiger partial charge in [0.15, 0.2) is 11.7 Å². The van der Waals surface area contributed by atoms with Crippen molar-refractivity contribution in [2.24, 2.45) is 4.99 Å². The van der Waals surface area contributed by atoms with Gasteiger partial charge in [0, 0.05) is 6.42 Å². The van der Waals surface area contributed by atoms with E-state index >= 15 is 0 Å². The third kappa shape index (κ3) is 3.35. The Morgan fingerprint density at radius 3 is 1.97 bits per heavy atom. The van der Waals surface area contributed by atoms with Crippen LogP contribution in [0.1, 0.15) is 16.8 Å². The molecule has 4 nitrogen and oxygen atoms in total. The van der Waals surface area contributed by atoms with Crippen LogP contribution in [-0.4, -0.2) is 28.0 Å². The lowest BCUT2D eigenvalue weighted by atomic mass is 9.90. The Hall–Kier alpha value is -3.30. The Kier molecular flexibility index (Phi) is 4.83. The maximum absolute atomic E-state index is 14.1. The van der Waals surface area contributed by atoms with Crippen LogP contribution < -0.4 is 0 Å². The number of para-hydroxylation sites is 1. The average molecular weight is 439 g/mol. The van der Waals surface area contributed by atoms with Crippen LogP contribution in [0.25, 0.3) is 5.69 Å². The molecule has 4 rings (SSSR count). The van der Waals surface area contributed by atoms with Crippen molar-refractivity contribution in [3.63, 3.8) is 0 Å². The molecule has 0 fully saturated rings. The van der Waals surface area contributed by atoms with E-state index in [-0.39, 0.29) is 12.1 Å². The van der Waals surface area contributed by atoms with Gasteiger partial charge in [-0.15, -0.1) is 0 Å². The van der Waals surface area contributed by atoms with Crippen LogP contribution in [0.5, 0.6) is 0 Å². The molecule has 0 spiro atoms. The molecule has 1 aliphatic heterocycles. The van der Waals surface area contributed by atoms with E-state index in [1.165, 1.54) is 12.1 Å². The van der Waals surface area contributed by atoms with E-state index in [0.29, 0.717) is 5.56 Å². The first-order chi connectivity index (χ1) is 14.5. The second-order valence-corrected chi connectivity index (χ2v) is 6.98. The van der Waals surface area contributed by atoms with Crippen LogP contribution in [0.4, 0.5) is 32.2 Å². The number of aliphatic imine (C=N–C) groups is 1. The number of benzene rings is 2. The van der Waals surface area contributed by atoms with Crippen LogP contribution in [-0.2, 0) is 16.8 Å². The number of rotatable bonds is 3. The normalized spacial score (nSPS) is 15.8. The molecule has 0 aliphatic carbocycles. The molecular formula is C21H15F6N3O. The molecule has 0 N–H and O–H groups in total. The summed E-state index contributed by atoms with van der Waals surface area (Å²) >= 11 is 0. The molecule has 31 heavy (non-hydrogen) atoms. The van der Waals surface area contributed by atoms with Crippen molar-refractivity contribution in [3.05, 3.63) is 77.5 Å². The van der Waals surface area contributed by atoms with Gasteiger partial charge in [-0.1, -0.05) is 48.5 Å². The lowest BCUT2D eigenvalue weighted by Gasteiger charge is -2.39. The lowest BCUT2D eigenvalue weighted by molar-refractivity contribution is -0.370. The Morgan fingerprint density at radius 2 is 1.42 bits per heavy atom.